The maximum absolute atomic E-state index is 11.7. The van der Waals surface area contributed by atoms with E-state index < -0.39 is 0 Å². The lowest BCUT2D eigenvalue weighted by Crippen LogP contribution is -2.27. The van der Waals surface area contributed by atoms with E-state index in [0.717, 1.165) is 22.6 Å². The number of nitrogens with zero attached hydrogens (tertiary/aromatic N) is 1. The topological polar surface area (TPSA) is 49.4 Å². The van der Waals surface area contributed by atoms with E-state index >= 15 is 0 Å². The lowest BCUT2D eigenvalue weighted by molar-refractivity contribution is -0.135. The molecule has 2 rings (SSSR count). The molecule has 1 aromatic rings. The molecule has 4 heteroatoms. The third-order valence-corrected chi connectivity index (χ3v) is 2.80. The van der Waals surface area contributed by atoms with Crippen LogP contribution in [0.15, 0.2) is 36.0 Å². The minimum absolute atomic E-state index is 0.286. The highest BCUT2D eigenvalue weighted by atomic mass is 16.2. The van der Waals surface area contributed by atoms with Gasteiger partial charge in [-0.25, -0.2) is 0 Å². The number of hydrogen-bond donors (Lipinski definition) is 1. The van der Waals surface area contributed by atoms with Crippen LogP contribution in [0, 0.1) is 0 Å². The normalized spacial score (nSPS) is 15.2. The number of anilines is 1. The van der Waals surface area contributed by atoms with E-state index in [9.17, 15) is 9.59 Å². The fraction of sp³-hybridized carbons (Fsp3) is 0.231. The van der Waals surface area contributed by atoms with Crippen molar-refractivity contribution >= 4 is 17.5 Å². The Morgan fingerprint density at radius 1 is 1.24 bits per heavy atom. The van der Waals surface area contributed by atoms with Crippen molar-refractivity contribution in [3.63, 3.8) is 0 Å². The van der Waals surface area contributed by atoms with Crippen molar-refractivity contribution in [1.82, 2.24) is 4.90 Å². The number of rotatable bonds is 3. The number of aryl methyl sites for hydroxylation is 1. The average molecular weight is 230 g/mol. The van der Waals surface area contributed by atoms with Crippen LogP contribution in [-0.2, 0) is 16.0 Å². The Labute approximate surface area is 99.9 Å². The highest BCUT2D eigenvalue weighted by molar-refractivity contribution is 6.17. The first-order valence-corrected chi connectivity index (χ1v) is 5.52. The lowest BCUT2D eigenvalue weighted by Gasteiger charge is -2.11. The van der Waals surface area contributed by atoms with Gasteiger partial charge in [0.25, 0.3) is 11.8 Å². The molecule has 0 bridgehead atoms. The zero-order valence-electron chi connectivity index (χ0n) is 9.86. The van der Waals surface area contributed by atoms with E-state index in [1.807, 2.05) is 31.2 Å². The summed E-state index contributed by atoms with van der Waals surface area (Å²) < 4.78 is 0. The first-order valence-electron chi connectivity index (χ1n) is 5.52. The molecule has 88 valence electrons. The van der Waals surface area contributed by atoms with Gasteiger partial charge in [0.2, 0.25) is 0 Å². The Kier molecular flexibility index (Phi) is 2.95. The summed E-state index contributed by atoms with van der Waals surface area (Å²) in [5.74, 6) is -0.576. The standard InChI is InChI=1S/C13H14N2O2/c1-3-9-6-4-5-7-10(9)14-11-8-12(16)15(2)13(11)17/h4-8,14H,3H2,1-2H3. The number of carbonyl (C=O) groups is 2. The minimum atomic E-state index is -0.291. The van der Waals surface area contributed by atoms with Crippen LogP contribution in [0.3, 0.4) is 0 Å². The Morgan fingerprint density at radius 2 is 1.94 bits per heavy atom. The molecule has 0 radical (unpaired) electrons. The second-order valence-electron chi connectivity index (χ2n) is 3.90. The van der Waals surface area contributed by atoms with Gasteiger partial charge in [-0.15, -0.1) is 0 Å². The highest BCUT2D eigenvalue weighted by Gasteiger charge is 2.27. The molecular formula is C13H14N2O2. The Bertz CT molecular complexity index is 506. The van der Waals surface area contributed by atoms with Gasteiger partial charge in [0.1, 0.15) is 5.70 Å². The Hall–Kier alpha value is -2.10. The van der Waals surface area contributed by atoms with Gasteiger partial charge in [-0.2, -0.15) is 0 Å². The summed E-state index contributed by atoms with van der Waals surface area (Å²) in [6.45, 7) is 2.04. The molecule has 17 heavy (non-hydrogen) atoms. The number of benzene rings is 1. The summed E-state index contributed by atoms with van der Waals surface area (Å²) in [4.78, 5) is 24.1. The van der Waals surface area contributed by atoms with E-state index in [1.54, 1.807) is 0 Å². The van der Waals surface area contributed by atoms with Crippen LogP contribution in [0.4, 0.5) is 5.69 Å². The Balaban J connectivity index is 2.25. The highest BCUT2D eigenvalue weighted by Crippen LogP contribution is 2.20. The molecule has 0 spiro atoms. The van der Waals surface area contributed by atoms with Crippen molar-refractivity contribution < 1.29 is 9.59 Å². The number of carbonyl (C=O) groups excluding carboxylic acids is 2. The van der Waals surface area contributed by atoms with Gasteiger partial charge >= 0.3 is 0 Å². The van der Waals surface area contributed by atoms with Crippen molar-refractivity contribution in [3.8, 4) is 0 Å². The molecular weight excluding hydrogens is 216 g/mol. The number of likely N-dealkylation sites (N-methyl/N-ethyl adjacent to an activating group) is 1. The first kappa shape index (κ1) is 11.4. The molecule has 1 aromatic carbocycles. The van der Waals surface area contributed by atoms with Crippen molar-refractivity contribution in [2.24, 2.45) is 0 Å². The first-order chi connectivity index (χ1) is 8.13. The quantitative estimate of drug-likeness (QED) is 0.801. The summed E-state index contributed by atoms with van der Waals surface area (Å²) in [6.07, 6.45) is 2.20. The van der Waals surface area contributed by atoms with Crippen molar-refractivity contribution in [3.05, 3.63) is 41.6 Å². The summed E-state index contributed by atoms with van der Waals surface area (Å²) in [5, 5.41) is 3.02. The average Bonchev–Trinajstić information content (AvgIpc) is 2.58. The van der Waals surface area contributed by atoms with Crippen LogP contribution in [-0.4, -0.2) is 23.8 Å². The second kappa shape index (κ2) is 4.41. The van der Waals surface area contributed by atoms with Crippen LogP contribution in [0.25, 0.3) is 0 Å². The van der Waals surface area contributed by atoms with E-state index in [1.165, 1.54) is 13.1 Å². The maximum atomic E-state index is 11.7. The van der Waals surface area contributed by atoms with Gasteiger partial charge in [0, 0.05) is 18.8 Å². The van der Waals surface area contributed by atoms with Gasteiger partial charge in [-0.05, 0) is 18.1 Å². The molecule has 0 fully saturated rings. The number of hydrogen-bond acceptors (Lipinski definition) is 3. The molecule has 0 aromatic heterocycles. The number of amides is 2. The van der Waals surface area contributed by atoms with Crippen LogP contribution in [0.5, 0.6) is 0 Å². The van der Waals surface area contributed by atoms with Crippen LogP contribution in [0.2, 0.25) is 0 Å². The fourth-order valence-electron chi connectivity index (χ4n) is 1.75. The van der Waals surface area contributed by atoms with Gasteiger partial charge in [-0.1, -0.05) is 25.1 Å². The van der Waals surface area contributed by atoms with Crippen LogP contribution in [0.1, 0.15) is 12.5 Å². The maximum Gasteiger partial charge on any atom is 0.277 e. The lowest BCUT2D eigenvalue weighted by atomic mass is 10.1. The van der Waals surface area contributed by atoms with Crippen molar-refractivity contribution in [2.45, 2.75) is 13.3 Å². The number of nitrogens with one attached hydrogen (secondary N) is 1. The molecule has 4 nitrogen and oxygen atoms in total. The molecule has 0 unspecified atom stereocenters. The SMILES string of the molecule is CCc1ccccc1NC1=CC(=O)N(C)C1=O. The minimum Gasteiger partial charge on any atom is -0.351 e. The van der Waals surface area contributed by atoms with E-state index in [-0.39, 0.29) is 11.8 Å². The Morgan fingerprint density at radius 3 is 2.53 bits per heavy atom. The molecule has 1 aliphatic heterocycles. The van der Waals surface area contributed by atoms with E-state index in [0.29, 0.717) is 5.70 Å². The molecule has 0 saturated heterocycles. The molecule has 1 N–H and O–H groups in total. The zero-order valence-corrected chi connectivity index (χ0v) is 9.86. The zero-order chi connectivity index (χ0) is 12.4. The summed E-state index contributed by atoms with van der Waals surface area (Å²) in [5.41, 5.74) is 2.32. The predicted molar refractivity (Wildman–Crippen MR) is 65.3 cm³/mol. The molecule has 2 amide bonds. The molecule has 0 saturated carbocycles. The monoisotopic (exact) mass is 230 g/mol. The third-order valence-electron chi connectivity index (χ3n) is 2.80. The van der Waals surface area contributed by atoms with Crippen LogP contribution >= 0.6 is 0 Å². The van der Waals surface area contributed by atoms with Gasteiger partial charge in [0.15, 0.2) is 0 Å². The fourth-order valence-corrected chi connectivity index (χ4v) is 1.75. The third kappa shape index (κ3) is 2.06. The van der Waals surface area contributed by atoms with E-state index in [4.69, 9.17) is 0 Å². The van der Waals surface area contributed by atoms with Gasteiger partial charge in [0.05, 0.1) is 0 Å². The van der Waals surface area contributed by atoms with Gasteiger partial charge < -0.3 is 5.32 Å². The molecule has 0 atom stereocenters. The summed E-state index contributed by atoms with van der Waals surface area (Å²) >= 11 is 0. The predicted octanol–water partition coefficient (Wildman–Crippen LogP) is 1.54. The summed E-state index contributed by atoms with van der Waals surface area (Å²) in [6, 6.07) is 7.74. The van der Waals surface area contributed by atoms with Crippen molar-refractivity contribution in [2.75, 3.05) is 12.4 Å². The second-order valence-corrected chi connectivity index (χ2v) is 3.90. The molecule has 1 aliphatic rings. The smallest absolute Gasteiger partial charge is 0.277 e. The molecule has 1 heterocycles. The summed E-state index contributed by atoms with van der Waals surface area (Å²) in [7, 11) is 1.47. The molecule has 0 aliphatic carbocycles. The largest absolute Gasteiger partial charge is 0.351 e. The van der Waals surface area contributed by atoms with Gasteiger partial charge in [-0.3, -0.25) is 14.5 Å². The number of para-hydroxylation sites is 1. The van der Waals surface area contributed by atoms with Crippen LogP contribution < -0.4 is 5.32 Å². The van der Waals surface area contributed by atoms with Crippen molar-refractivity contribution in [1.29, 1.82) is 0 Å². The number of imide groups is 1. The van der Waals surface area contributed by atoms with E-state index in [2.05, 4.69) is 5.32 Å².